The Labute approximate surface area is 112 Å². The molecular formula is C12H16ClNO3S. The number of benzene rings is 1. The van der Waals surface area contributed by atoms with Gasteiger partial charge in [-0.3, -0.25) is 0 Å². The topological polar surface area (TPSA) is 69.4 Å². The van der Waals surface area contributed by atoms with Gasteiger partial charge in [-0.25, -0.2) is 8.42 Å². The Hall–Kier alpha value is -0.780. The molecule has 1 saturated heterocycles. The van der Waals surface area contributed by atoms with Gasteiger partial charge in [-0.05, 0) is 30.0 Å². The molecule has 0 bridgehead atoms. The first kappa shape index (κ1) is 13.6. The van der Waals surface area contributed by atoms with Gasteiger partial charge in [0.2, 0.25) is 0 Å². The van der Waals surface area contributed by atoms with E-state index in [1.165, 1.54) is 7.11 Å². The summed E-state index contributed by atoms with van der Waals surface area (Å²) in [5.41, 5.74) is 6.99. The molecule has 6 heteroatoms. The third-order valence-electron chi connectivity index (χ3n) is 3.34. The van der Waals surface area contributed by atoms with Gasteiger partial charge in [-0.2, -0.15) is 0 Å². The minimum Gasteiger partial charge on any atom is -0.495 e. The molecule has 0 amide bonds. The van der Waals surface area contributed by atoms with Gasteiger partial charge in [0.1, 0.15) is 5.75 Å². The van der Waals surface area contributed by atoms with Crippen molar-refractivity contribution in [2.75, 3.05) is 18.6 Å². The van der Waals surface area contributed by atoms with E-state index in [9.17, 15) is 8.42 Å². The predicted octanol–water partition coefficient (Wildman–Crippen LogP) is 1.78. The summed E-state index contributed by atoms with van der Waals surface area (Å²) in [6, 6.07) is 5.02. The first-order valence-corrected chi connectivity index (χ1v) is 7.92. The largest absolute Gasteiger partial charge is 0.495 e. The maximum Gasteiger partial charge on any atom is 0.150 e. The Morgan fingerprint density at radius 3 is 2.78 bits per heavy atom. The van der Waals surface area contributed by atoms with Gasteiger partial charge >= 0.3 is 0 Å². The number of hydrogen-bond acceptors (Lipinski definition) is 4. The molecule has 1 aliphatic rings. The van der Waals surface area contributed by atoms with Gasteiger partial charge < -0.3 is 10.5 Å². The Morgan fingerprint density at radius 1 is 1.50 bits per heavy atom. The summed E-state index contributed by atoms with van der Waals surface area (Å²) in [7, 11) is -1.37. The zero-order valence-corrected chi connectivity index (χ0v) is 11.7. The van der Waals surface area contributed by atoms with Gasteiger partial charge in [0.25, 0.3) is 0 Å². The van der Waals surface area contributed by atoms with Crippen LogP contribution in [0.15, 0.2) is 18.2 Å². The Morgan fingerprint density at radius 2 is 2.22 bits per heavy atom. The fourth-order valence-corrected chi connectivity index (χ4v) is 4.31. The molecule has 0 aliphatic carbocycles. The van der Waals surface area contributed by atoms with Crippen LogP contribution in [0.2, 0.25) is 5.02 Å². The number of hydrogen-bond donors (Lipinski definition) is 1. The number of nitrogens with two attached hydrogens (primary N) is 1. The van der Waals surface area contributed by atoms with Gasteiger partial charge in [0.05, 0.1) is 23.6 Å². The quantitative estimate of drug-likeness (QED) is 0.921. The summed E-state index contributed by atoms with van der Waals surface area (Å²) in [4.78, 5) is 0. The molecule has 0 radical (unpaired) electrons. The molecule has 2 unspecified atom stereocenters. The van der Waals surface area contributed by atoms with Crippen molar-refractivity contribution in [3.8, 4) is 5.75 Å². The molecule has 0 aromatic heterocycles. The van der Waals surface area contributed by atoms with Crippen molar-refractivity contribution in [1.82, 2.24) is 0 Å². The van der Waals surface area contributed by atoms with E-state index in [0.29, 0.717) is 17.2 Å². The highest BCUT2D eigenvalue weighted by atomic mass is 35.5. The molecule has 1 aromatic rings. The van der Waals surface area contributed by atoms with E-state index in [-0.39, 0.29) is 23.5 Å². The SMILES string of the molecule is COc1cc(C(N)C2CCS(=O)(=O)C2)ccc1Cl. The number of methoxy groups -OCH3 is 1. The van der Waals surface area contributed by atoms with Crippen LogP contribution in [-0.4, -0.2) is 27.0 Å². The molecule has 0 saturated carbocycles. The first-order valence-electron chi connectivity index (χ1n) is 5.72. The minimum absolute atomic E-state index is 0.0270. The first-order chi connectivity index (χ1) is 8.43. The summed E-state index contributed by atoms with van der Waals surface area (Å²) in [5, 5.41) is 0.521. The minimum atomic E-state index is -2.91. The Bertz CT molecular complexity index is 544. The highest BCUT2D eigenvalue weighted by molar-refractivity contribution is 7.91. The average Bonchev–Trinajstić information content (AvgIpc) is 2.69. The van der Waals surface area contributed by atoms with E-state index in [1.807, 2.05) is 6.07 Å². The molecule has 2 rings (SSSR count). The molecule has 1 aliphatic heterocycles. The maximum atomic E-state index is 11.5. The van der Waals surface area contributed by atoms with Gasteiger partial charge in [0, 0.05) is 6.04 Å². The van der Waals surface area contributed by atoms with Crippen LogP contribution in [0, 0.1) is 5.92 Å². The molecular weight excluding hydrogens is 274 g/mol. The van der Waals surface area contributed by atoms with Crippen molar-refractivity contribution in [2.45, 2.75) is 12.5 Å². The Balaban J connectivity index is 2.21. The predicted molar refractivity (Wildman–Crippen MR) is 71.7 cm³/mol. The summed E-state index contributed by atoms with van der Waals surface area (Å²) in [6.07, 6.45) is 0.619. The monoisotopic (exact) mass is 289 g/mol. The van der Waals surface area contributed by atoms with Crippen LogP contribution in [0.5, 0.6) is 5.75 Å². The second kappa shape index (κ2) is 5.07. The van der Waals surface area contributed by atoms with Crippen molar-refractivity contribution in [3.05, 3.63) is 28.8 Å². The highest BCUT2D eigenvalue weighted by Crippen LogP contribution is 2.33. The van der Waals surface area contributed by atoms with E-state index in [0.717, 1.165) is 5.56 Å². The van der Waals surface area contributed by atoms with E-state index < -0.39 is 9.84 Å². The number of sulfone groups is 1. The molecule has 0 spiro atoms. The molecule has 1 aromatic carbocycles. The van der Waals surface area contributed by atoms with Crippen molar-refractivity contribution >= 4 is 21.4 Å². The molecule has 100 valence electrons. The Kier molecular flexibility index (Phi) is 3.84. The molecule has 4 nitrogen and oxygen atoms in total. The molecule has 18 heavy (non-hydrogen) atoms. The number of halogens is 1. The summed E-state index contributed by atoms with van der Waals surface area (Å²) < 4.78 is 28.0. The summed E-state index contributed by atoms with van der Waals surface area (Å²) >= 11 is 5.94. The van der Waals surface area contributed by atoms with Gasteiger partial charge in [-0.15, -0.1) is 0 Å². The fraction of sp³-hybridized carbons (Fsp3) is 0.500. The third-order valence-corrected chi connectivity index (χ3v) is 5.44. The second-order valence-corrected chi connectivity index (χ2v) is 7.22. The second-order valence-electron chi connectivity index (χ2n) is 4.58. The van der Waals surface area contributed by atoms with Crippen molar-refractivity contribution in [2.24, 2.45) is 11.7 Å². The number of ether oxygens (including phenoxy) is 1. The normalized spacial score (nSPS) is 23.8. The van der Waals surface area contributed by atoms with Crippen LogP contribution >= 0.6 is 11.6 Å². The average molecular weight is 290 g/mol. The van der Waals surface area contributed by atoms with E-state index in [1.54, 1.807) is 12.1 Å². The lowest BCUT2D eigenvalue weighted by Gasteiger charge is -2.19. The van der Waals surface area contributed by atoms with Crippen molar-refractivity contribution in [1.29, 1.82) is 0 Å². The fourth-order valence-electron chi connectivity index (χ4n) is 2.26. The van der Waals surface area contributed by atoms with Gasteiger partial charge in [0.15, 0.2) is 9.84 Å². The maximum absolute atomic E-state index is 11.5. The lowest BCUT2D eigenvalue weighted by atomic mass is 9.93. The lowest BCUT2D eigenvalue weighted by molar-refractivity contribution is 0.412. The van der Waals surface area contributed by atoms with Crippen molar-refractivity contribution in [3.63, 3.8) is 0 Å². The van der Waals surface area contributed by atoms with Crippen LogP contribution in [0.3, 0.4) is 0 Å². The van der Waals surface area contributed by atoms with Crippen molar-refractivity contribution < 1.29 is 13.2 Å². The van der Waals surface area contributed by atoms with E-state index >= 15 is 0 Å². The van der Waals surface area contributed by atoms with Crippen LogP contribution in [0.25, 0.3) is 0 Å². The summed E-state index contributed by atoms with van der Waals surface area (Å²) in [6.45, 7) is 0. The molecule has 1 heterocycles. The highest BCUT2D eigenvalue weighted by Gasteiger charge is 2.32. The van der Waals surface area contributed by atoms with E-state index in [4.69, 9.17) is 22.1 Å². The number of rotatable bonds is 3. The molecule has 2 atom stereocenters. The molecule has 2 N–H and O–H groups in total. The summed E-state index contributed by atoms with van der Waals surface area (Å²) in [5.74, 6) is 0.932. The lowest BCUT2D eigenvalue weighted by Crippen LogP contribution is -2.22. The van der Waals surface area contributed by atoms with Crippen LogP contribution in [-0.2, 0) is 9.84 Å². The van der Waals surface area contributed by atoms with Crippen LogP contribution in [0.1, 0.15) is 18.0 Å². The van der Waals surface area contributed by atoms with E-state index in [2.05, 4.69) is 0 Å². The van der Waals surface area contributed by atoms with Crippen LogP contribution < -0.4 is 10.5 Å². The zero-order chi connectivity index (χ0) is 13.3. The third kappa shape index (κ3) is 2.79. The van der Waals surface area contributed by atoms with Gasteiger partial charge in [-0.1, -0.05) is 17.7 Å². The zero-order valence-electron chi connectivity index (χ0n) is 10.1. The van der Waals surface area contributed by atoms with Crippen LogP contribution in [0.4, 0.5) is 0 Å². The smallest absolute Gasteiger partial charge is 0.150 e. The molecule has 1 fully saturated rings. The standard InChI is InChI=1S/C12H16ClNO3S/c1-17-11-6-8(2-3-10(11)13)12(14)9-4-5-18(15,16)7-9/h2-3,6,9,12H,4-5,7,14H2,1H3.